The molecule has 0 aliphatic carbocycles. The first-order valence-electron chi connectivity index (χ1n) is 11.4. The van der Waals surface area contributed by atoms with Crippen LogP contribution in [0.3, 0.4) is 0 Å². The lowest BCUT2D eigenvalue weighted by atomic mass is 10.1. The van der Waals surface area contributed by atoms with E-state index in [1.807, 2.05) is 59.5 Å². The fourth-order valence-electron chi connectivity index (χ4n) is 4.58. The van der Waals surface area contributed by atoms with Crippen LogP contribution in [0.2, 0.25) is 0 Å². The maximum atomic E-state index is 13.0. The molecule has 2 heterocycles. The molecule has 0 saturated carbocycles. The number of nitrogens with one attached hydrogen (secondary N) is 2. The smallest absolute Gasteiger partial charge is 0.319 e. The lowest BCUT2D eigenvalue weighted by molar-refractivity contribution is -0.128. The van der Waals surface area contributed by atoms with Gasteiger partial charge in [0.2, 0.25) is 5.91 Å². The zero-order chi connectivity index (χ0) is 22.5. The Morgan fingerprint density at radius 1 is 1.06 bits per heavy atom. The van der Waals surface area contributed by atoms with E-state index in [0.29, 0.717) is 13.0 Å². The molecule has 0 bridgehead atoms. The minimum absolute atomic E-state index is 0.126. The van der Waals surface area contributed by atoms with Crippen LogP contribution >= 0.6 is 0 Å². The van der Waals surface area contributed by atoms with Crippen molar-refractivity contribution >= 4 is 23.3 Å². The summed E-state index contributed by atoms with van der Waals surface area (Å²) in [5, 5.41) is 6.13. The van der Waals surface area contributed by atoms with Gasteiger partial charge < -0.3 is 25.2 Å². The number of rotatable bonds is 6. The van der Waals surface area contributed by atoms with Crippen molar-refractivity contribution < 1.29 is 14.3 Å². The van der Waals surface area contributed by atoms with Gasteiger partial charge in [-0.25, -0.2) is 4.79 Å². The van der Waals surface area contributed by atoms with Crippen molar-refractivity contribution in [3.05, 3.63) is 60.2 Å². The van der Waals surface area contributed by atoms with Gasteiger partial charge >= 0.3 is 6.03 Å². The number of carbonyl (C=O) groups excluding carboxylic acids is 2. The van der Waals surface area contributed by atoms with Gasteiger partial charge in [0.15, 0.2) is 0 Å². The van der Waals surface area contributed by atoms with Crippen molar-refractivity contribution in [2.24, 2.45) is 0 Å². The summed E-state index contributed by atoms with van der Waals surface area (Å²) < 4.78 is 5.86. The molecule has 0 unspecified atom stereocenters. The zero-order valence-corrected chi connectivity index (χ0v) is 18.8. The van der Waals surface area contributed by atoms with Crippen LogP contribution in [0, 0.1) is 0 Å². The normalized spacial score (nSPS) is 22.0. The van der Waals surface area contributed by atoms with E-state index in [-0.39, 0.29) is 30.2 Å². The largest absolute Gasteiger partial charge is 0.372 e. The fourth-order valence-corrected chi connectivity index (χ4v) is 4.58. The Hall–Kier alpha value is -3.06. The first-order chi connectivity index (χ1) is 15.5. The van der Waals surface area contributed by atoms with E-state index in [4.69, 9.17) is 4.74 Å². The quantitative estimate of drug-likeness (QED) is 0.723. The summed E-state index contributed by atoms with van der Waals surface area (Å²) in [5.41, 5.74) is 2.72. The van der Waals surface area contributed by atoms with Crippen LogP contribution in [0.4, 0.5) is 16.2 Å². The summed E-state index contributed by atoms with van der Waals surface area (Å²) in [7, 11) is 0. The molecule has 0 spiro atoms. The molecule has 7 heteroatoms. The molecule has 7 nitrogen and oxygen atoms in total. The van der Waals surface area contributed by atoms with E-state index in [2.05, 4.69) is 29.4 Å². The molecule has 2 saturated heterocycles. The van der Waals surface area contributed by atoms with Crippen LogP contribution in [0.5, 0.6) is 0 Å². The van der Waals surface area contributed by atoms with E-state index in [9.17, 15) is 9.59 Å². The summed E-state index contributed by atoms with van der Waals surface area (Å²) in [6, 6.07) is 17.1. The van der Waals surface area contributed by atoms with Crippen LogP contribution in [0.15, 0.2) is 54.6 Å². The van der Waals surface area contributed by atoms with Crippen LogP contribution < -0.4 is 15.5 Å². The molecule has 2 fully saturated rings. The third-order valence-corrected chi connectivity index (χ3v) is 5.99. The highest BCUT2D eigenvalue weighted by atomic mass is 16.5. The number of amides is 3. The maximum absolute atomic E-state index is 13.0. The van der Waals surface area contributed by atoms with Gasteiger partial charge in [-0.15, -0.1) is 0 Å². The third-order valence-electron chi connectivity index (χ3n) is 5.99. The minimum Gasteiger partial charge on any atom is -0.372 e. The molecule has 2 N–H and O–H groups in total. The molecule has 3 atom stereocenters. The van der Waals surface area contributed by atoms with E-state index in [1.165, 1.54) is 0 Å². The first-order valence-corrected chi connectivity index (χ1v) is 11.4. The van der Waals surface area contributed by atoms with E-state index >= 15 is 0 Å². The predicted octanol–water partition coefficient (Wildman–Crippen LogP) is 3.79. The standard InChI is InChI=1S/C25H32N4O3/c1-18-15-29(16-19(2)32-18)23-12-7-6-11-21(23)26-25(31)27-22(20-9-4-3-5-10-20)17-28-14-8-13-24(28)30/h3-7,9-12,18-19,22H,8,13-17H2,1-2H3,(H2,26,27,31)/t18-,19+,22-/m1/s1. The van der Waals surface area contributed by atoms with Crippen LogP contribution in [0.1, 0.15) is 38.3 Å². The summed E-state index contributed by atoms with van der Waals surface area (Å²) in [4.78, 5) is 29.3. The molecule has 0 radical (unpaired) electrons. The predicted molar refractivity (Wildman–Crippen MR) is 126 cm³/mol. The van der Waals surface area contributed by atoms with Crippen molar-refractivity contribution in [2.75, 3.05) is 36.4 Å². The maximum Gasteiger partial charge on any atom is 0.319 e. The van der Waals surface area contributed by atoms with Gasteiger partial charge in [-0.1, -0.05) is 42.5 Å². The number of anilines is 2. The molecule has 2 aliphatic rings. The highest BCUT2D eigenvalue weighted by Gasteiger charge is 2.27. The molecular formula is C25H32N4O3. The van der Waals surface area contributed by atoms with Gasteiger partial charge in [0.25, 0.3) is 0 Å². The molecule has 32 heavy (non-hydrogen) atoms. The number of nitrogens with zero attached hydrogens (tertiary/aromatic N) is 2. The van der Waals surface area contributed by atoms with Crippen LogP contribution in [-0.4, -0.2) is 55.2 Å². The number of urea groups is 1. The highest BCUT2D eigenvalue weighted by molar-refractivity contribution is 5.93. The Morgan fingerprint density at radius 2 is 1.75 bits per heavy atom. The first kappa shape index (κ1) is 22.1. The summed E-state index contributed by atoms with van der Waals surface area (Å²) >= 11 is 0. The molecule has 170 valence electrons. The molecule has 2 aromatic carbocycles. The Labute approximate surface area is 189 Å². The molecule has 2 aromatic rings. The highest BCUT2D eigenvalue weighted by Crippen LogP contribution is 2.29. The van der Waals surface area contributed by atoms with Gasteiger partial charge in [0.1, 0.15) is 0 Å². The van der Waals surface area contributed by atoms with Gasteiger partial charge in [-0.05, 0) is 38.0 Å². The Kier molecular flexibility index (Phi) is 6.95. The number of carbonyl (C=O) groups is 2. The van der Waals surface area contributed by atoms with Crippen LogP contribution in [-0.2, 0) is 9.53 Å². The number of morpholine rings is 1. The van der Waals surface area contributed by atoms with Gasteiger partial charge in [-0.3, -0.25) is 4.79 Å². The van der Waals surface area contributed by atoms with Crippen molar-refractivity contribution in [3.8, 4) is 0 Å². The summed E-state index contributed by atoms with van der Waals surface area (Å²) in [5.74, 6) is 0.147. The lowest BCUT2D eigenvalue weighted by Crippen LogP contribution is -2.46. The van der Waals surface area contributed by atoms with E-state index < -0.39 is 0 Å². The van der Waals surface area contributed by atoms with Crippen molar-refractivity contribution in [1.29, 1.82) is 0 Å². The Morgan fingerprint density at radius 3 is 2.44 bits per heavy atom. The molecule has 0 aromatic heterocycles. The molecular weight excluding hydrogens is 404 g/mol. The average Bonchev–Trinajstić information content (AvgIpc) is 3.18. The Bertz CT molecular complexity index is 926. The number of hydrogen-bond donors (Lipinski definition) is 2. The molecule has 4 rings (SSSR count). The van der Waals surface area contributed by atoms with E-state index in [0.717, 1.165) is 43.0 Å². The third kappa shape index (κ3) is 5.40. The van der Waals surface area contributed by atoms with Gasteiger partial charge in [0.05, 0.1) is 29.6 Å². The van der Waals surface area contributed by atoms with E-state index in [1.54, 1.807) is 0 Å². The average molecular weight is 437 g/mol. The topological polar surface area (TPSA) is 73.9 Å². The number of likely N-dealkylation sites (tertiary alicyclic amines) is 1. The van der Waals surface area contributed by atoms with Crippen LogP contribution in [0.25, 0.3) is 0 Å². The number of hydrogen-bond acceptors (Lipinski definition) is 4. The van der Waals surface area contributed by atoms with Crippen molar-refractivity contribution in [1.82, 2.24) is 10.2 Å². The second-order valence-electron chi connectivity index (χ2n) is 8.68. The number of benzene rings is 2. The number of ether oxygens (including phenoxy) is 1. The summed E-state index contributed by atoms with van der Waals surface area (Å²) in [6.45, 7) is 6.88. The Balaban J connectivity index is 1.48. The van der Waals surface area contributed by atoms with Gasteiger partial charge in [0, 0.05) is 32.6 Å². The summed E-state index contributed by atoms with van der Waals surface area (Å²) in [6.07, 6.45) is 1.70. The fraction of sp³-hybridized carbons (Fsp3) is 0.440. The zero-order valence-electron chi connectivity index (χ0n) is 18.8. The molecule has 2 aliphatic heterocycles. The van der Waals surface area contributed by atoms with Crippen molar-refractivity contribution in [3.63, 3.8) is 0 Å². The second-order valence-corrected chi connectivity index (χ2v) is 8.68. The SMILES string of the molecule is C[C@@H]1CN(c2ccccc2NC(=O)N[C@H](CN2CCCC2=O)c2ccccc2)C[C@H](C)O1. The second kappa shape index (κ2) is 10.0. The lowest BCUT2D eigenvalue weighted by Gasteiger charge is -2.37. The number of para-hydroxylation sites is 2. The monoisotopic (exact) mass is 436 g/mol. The minimum atomic E-state index is -0.285. The van der Waals surface area contributed by atoms with Gasteiger partial charge in [-0.2, -0.15) is 0 Å². The molecule has 3 amide bonds. The van der Waals surface area contributed by atoms with Crippen molar-refractivity contribution in [2.45, 2.75) is 44.9 Å².